The number of carbonyl (C=O) groups excluding carboxylic acids is 1. The number of rotatable bonds is 2. The molecule has 4 nitrogen and oxygen atoms in total. The Labute approximate surface area is 103 Å². The SMILES string of the molecule is COC(=O)c1snc(-c2ccc(C)cc2)c1N. The molecule has 0 radical (unpaired) electrons. The van der Waals surface area contributed by atoms with Crippen molar-refractivity contribution in [1.29, 1.82) is 0 Å². The van der Waals surface area contributed by atoms with E-state index < -0.39 is 5.97 Å². The first-order valence-corrected chi connectivity index (χ1v) is 5.81. The van der Waals surface area contributed by atoms with Gasteiger partial charge in [-0.05, 0) is 18.5 Å². The van der Waals surface area contributed by atoms with Crippen molar-refractivity contribution in [3.63, 3.8) is 0 Å². The minimum atomic E-state index is -0.446. The molecule has 0 saturated heterocycles. The number of aromatic nitrogens is 1. The molecule has 0 aliphatic carbocycles. The number of ether oxygens (including phenoxy) is 1. The van der Waals surface area contributed by atoms with Crippen molar-refractivity contribution in [1.82, 2.24) is 4.37 Å². The standard InChI is InChI=1S/C12H12N2O2S/c1-7-3-5-8(6-4-7)10-9(13)11(17-14-10)12(15)16-2/h3-6H,13H2,1-2H3. The summed E-state index contributed by atoms with van der Waals surface area (Å²) in [6, 6.07) is 7.82. The second-order valence-electron chi connectivity index (χ2n) is 3.63. The molecule has 1 heterocycles. The fraction of sp³-hybridized carbons (Fsp3) is 0.167. The van der Waals surface area contributed by atoms with Crippen LogP contribution in [0.5, 0.6) is 0 Å². The third kappa shape index (κ3) is 2.14. The van der Waals surface area contributed by atoms with E-state index in [1.165, 1.54) is 7.11 Å². The van der Waals surface area contributed by atoms with Gasteiger partial charge in [0.15, 0.2) is 4.88 Å². The molecule has 1 aromatic carbocycles. The zero-order valence-electron chi connectivity index (χ0n) is 9.56. The summed E-state index contributed by atoms with van der Waals surface area (Å²) < 4.78 is 8.84. The summed E-state index contributed by atoms with van der Waals surface area (Å²) in [6.45, 7) is 2.01. The molecule has 0 amide bonds. The molecule has 0 saturated carbocycles. The Morgan fingerprint density at radius 2 is 2.00 bits per heavy atom. The maximum atomic E-state index is 11.4. The van der Waals surface area contributed by atoms with Crippen LogP contribution in [0.25, 0.3) is 11.3 Å². The van der Waals surface area contributed by atoms with Gasteiger partial charge in [-0.25, -0.2) is 4.79 Å². The topological polar surface area (TPSA) is 65.2 Å². The van der Waals surface area contributed by atoms with Crippen molar-refractivity contribution in [3.8, 4) is 11.3 Å². The Morgan fingerprint density at radius 3 is 2.59 bits per heavy atom. The molecule has 0 atom stereocenters. The number of nitrogen functional groups attached to an aromatic ring is 1. The molecule has 0 aliphatic rings. The molecule has 2 N–H and O–H groups in total. The van der Waals surface area contributed by atoms with Gasteiger partial charge in [-0.1, -0.05) is 29.8 Å². The molecule has 0 unspecified atom stereocenters. The summed E-state index contributed by atoms with van der Waals surface area (Å²) in [5.74, 6) is -0.446. The second kappa shape index (κ2) is 4.55. The van der Waals surface area contributed by atoms with Crippen molar-refractivity contribution < 1.29 is 9.53 Å². The van der Waals surface area contributed by atoms with Crippen molar-refractivity contribution in [2.24, 2.45) is 0 Å². The smallest absolute Gasteiger partial charge is 0.351 e. The highest BCUT2D eigenvalue weighted by molar-refractivity contribution is 7.09. The van der Waals surface area contributed by atoms with E-state index in [1.54, 1.807) is 0 Å². The molecular formula is C12H12N2O2S. The van der Waals surface area contributed by atoms with Crippen LogP contribution in [0.4, 0.5) is 5.69 Å². The van der Waals surface area contributed by atoms with Crippen molar-refractivity contribution >= 4 is 23.2 Å². The largest absolute Gasteiger partial charge is 0.465 e. The summed E-state index contributed by atoms with van der Waals surface area (Å²) in [5.41, 5.74) is 8.98. The van der Waals surface area contributed by atoms with Gasteiger partial charge in [-0.3, -0.25) is 0 Å². The van der Waals surface area contributed by atoms with Gasteiger partial charge in [0.1, 0.15) is 5.69 Å². The third-order valence-corrected chi connectivity index (χ3v) is 3.27. The number of esters is 1. The molecule has 0 fully saturated rings. The maximum absolute atomic E-state index is 11.4. The van der Waals surface area contributed by atoms with E-state index in [2.05, 4.69) is 9.11 Å². The Morgan fingerprint density at radius 1 is 1.35 bits per heavy atom. The van der Waals surface area contributed by atoms with Gasteiger partial charge in [-0.2, -0.15) is 4.37 Å². The molecule has 0 spiro atoms. The van der Waals surface area contributed by atoms with Crippen molar-refractivity contribution in [2.45, 2.75) is 6.92 Å². The van der Waals surface area contributed by atoms with Gasteiger partial charge in [0.25, 0.3) is 0 Å². The number of hydrogen-bond donors (Lipinski definition) is 1. The zero-order valence-corrected chi connectivity index (χ0v) is 10.4. The molecular weight excluding hydrogens is 236 g/mol. The number of benzene rings is 1. The average Bonchev–Trinajstić information content (AvgIpc) is 2.71. The summed E-state index contributed by atoms with van der Waals surface area (Å²) in [4.78, 5) is 11.8. The maximum Gasteiger partial charge on any atom is 0.351 e. The third-order valence-electron chi connectivity index (χ3n) is 2.42. The van der Waals surface area contributed by atoms with Crippen LogP contribution in [0.2, 0.25) is 0 Å². The second-order valence-corrected chi connectivity index (χ2v) is 4.40. The Bertz CT molecular complexity index is 546. The monoisotopic (exact) mass is 248 g/mol. The molecule has 2 rings (SSSR count). The number of hydrogen-bond acceptors (Lipinski definition) is 5. The quantitative estimate of drug-likeness (QED) is 0.829. The lowest BCUT2D eigenvalue weighted by atomic mass is 10.1. The van der Waals surface area contributed by atoms with E-state index in [1.807, 2.05) is 31.2 Å². The van der Waals surface area contributed by atoms with E-state index in [0.717, 1.165) is 22.7 Å². The van der Waals surface area contributed by atoms with E-state index in [0.29, 0.717) is 16.3 Å². The highest BCUT2D eigenvalue weighted by Gasteiger charge is 2.18. The summed E-state index contributed by atoms with van der Waals surface area (Å²) in [6.07, 6.45) is 0. The molecule has 17 heavy (non-hydrogen) atoms. The first kappa shape index (κ1) is 11.6. The van der Waals surface area contributed by atoms with Gasteiger partial charge in [0.05, 0.1) is 12.8 Å². The normalized spacial score (nSPS) is 10.2. The molecule has 1 aromatic heterocycles. The van der Waals surface area contributed by atoms with Crippen molar-refractivity contribution in [3.05, 3.63) is 34.7 Å². The highest BCUT2D eigenvalue weighted by atomic mass is 32.1. The van der Waals surface area contributed by atoms with E-state index >= 15 is 0 Å². The molecule has 5 heteroatoms. The van der Waals surface area contributed by atoms with Gasteiger partial charge < -0.3 is 10.5 Å². The Balaban J connectivity index is 2.44. The number of nitrogens with zero attached hydrogens (tertiary/aromatic N) is 1. The lowest BCUT2D eigenvalue weighted by Crippen LogP contribution is -2.02. The number of methoxy groups -OCH3 is 1. The Hall–Kier alpha value is -1.88. The van der Waals surface area contributed by atoms with Gasteiger partial charge in [0.2, 0.25) is 0 Å². The number of nitrogens with two attached hydrogens (primary N) is 1. The van der Waals surface area contributed by atoms with E-state index in [-0.39, 0.29) is 0 Å². The number of aryl methyl sites for hydroxylation is 1. The summed E-state index contributed by atoms with van der Waals surface area (Å²) >= 11 is 1.06. The predicted octanol–water partition coefficient (Wildman–Crippen LogP) is 2.49. The first-order chi connectivity index (χ1) is 8.13. The van der Waals surface area contributed by atoms with Gasteiger partial charge in [-0.15, -0.1) is 0 Å². The molecule has 0 bridgehead atoms. The van der Waals surface area contributed by atoms with Crippen LogP contribution in [0, 0.1) is 6.92 Å². The van der Waals surface area contributed by atoms with Crippen molar-refractivity contribution in [2.75, 3.05) is 12.8 Å². The predicted molar refractivity (Wildman–Crippen MR) is 68.0 cm³/mol. The van der Waals surface area contributed by atoms with Crippen LogP contribution in [-0.4, -0.2) is 17.5 Å². The fourth-order valence-electron chi connectivity index (χ4n) is 1.46. The van der Waals surface area contributed by atoms with E-state index in [9.17, 15) is 4.79 Å². The minimum Gasteiger partial charge on any atom is -0.465 e. The zero-order chi connectivity index (χ0) is 12.4. The first-order valence-electron chi connectivity index (χ1n) is 5.04. The minimum absolute atomic E-state index is 0.350. The van der Waals surface area contributed by atoms with Crippen LogP contribution in [0.3, 0.4) is 0 Å². The molecule has 2 aromatic rings. The summed E-state index contributed by atoms with van der Waals surface area (Å²) in [5, 5.41) is 0. The average molecular weight is 248 g/mol. The highest BCUT2D eigenvalue weighted by Crippen LogP contribution is 2.31. The number of anilines is 1. The molecule has 0 aliphatic heterocycles. The van der Waals surface area contributed by atoms with Crippen LogP contribution in [0.1, 0.15) is 15.2 Å². The molecule has 88 valence electrons. The van der Waals surface area contributed by atoms with Crippen LogP contribution < -0.4 is 5.73 Å². The van der Waals surface area contributed by atoms with Crippen LogP contribution >= 0.6 is 11.5 Å². The van der Waals surface area contributed by atoms with Gasteiger partial charge in [0, 0.05) is 5.56 Å². The summed E-state index contributed by atoms with van der Waals surface area (Å²) in [7, 11) is 1.33. The lowest BCUT2D eigenvalue weighted by molar-refractivity contribution is 0.0607. The fourth-order valence-corrected chi connectivity index (χ4v) is 2.20. The van der Waals surface area contributed by atoms with E-state index in [4.69, 9.17) is 5.73 Å². The number of carbonyl (C=O) groups is 1. The van der Waals surface area contributed by atoms with Crippen LogP contribution in [-0.2, 0) is 4.74 Å². The lowest BCUT2D eigenvalue weighted by Gasteiger charge is -2.00. The van der Waals surface area contributed by atoms with Crippen LogP contribution in [0.15, 0.2) is 24.3 Å². The van der Waals surface area contributed by atoms with Gasteiger partial charge >= 0.3 is 5.97 Å². The Kier molecular flexibility index (Phi) is 3.10.